The van der Waals surface area contributed by atoms with Crippen molar-refractivity contribution >= 4 is 17.0 Å². The summed E-state index contributed by atoms with van der Waals surface area (Å²) in [6.45, 7) is 4.98. The van der Waals surface area contributed by atoms with Crippen LogP contribution in [0.25, 0.3) is 28.4 Å². The van der Waals surface area contributed by atoms with Crippen LogP contribution in [0, 0.1) is 0 Å². The molecule has 1 aromatic carbocycles. The van der Waals surface area contributed by atoms with Crippen LogP contribution >= 0.6 is 0 Å². The third-order valence-electron chi connectivity index (χ3n) is 6.56. The lowest BCUT2D eigenvalue weighted by Gasteiger charge is -2.28. The minimum Gasteiger partial charge on any atom is -0.378 e. The first-order valence-corrected chi connectivity index (χ1v) is 11.7. The molecule has 0 saturated carbocycles. The summed E-state index contributed by atoms with van der Waals surface area (Å²) in [6, 6.07) is 12.2. The number of rotatable bonds is 4. The Morgan fingerprint density at radius 3 is 2.67 bits per heavy atom. The van der Waals surface area contributed by atoms with Gasteiger partial charge >= 0.3 is 0 Å². The van der Waals surface area contributed by atoms with Crippen LogP contribution in [-0.2, 0) is 11.8 Å². The van der Waals surface area contributed by atoms with E-state index < -0.39 is 0 Å². The molecule has 6 rings (SSSR count). The molecule has 4 aromatic rings. The normalized spacial score (nSPS) is 19.3. The highest BCUT2D eigenvalue weighted by atomic mass is 16.5. The number of aromatic nitrogens is 6. The average Bonchev–Trinajstić information content (AvgIpc) is 3.51. The number of imidazole rings is 1. The van der Waals surface area contributed by atoms with Gasteiger partial charge in [0, 0.05) is 44.4 Å². The highest BCUT2D eigenvalue weighted by molar-refractivity contribution is 5.85. The molecular formula is C24H28N8O. The number of hydrogen-bond donors (Lipinski definition) is 1. The fourth-order valence-corrected chi connectivity index (χ4v) is 4.79. The molecule has 5 heterocycles. The van der Waals surface area contributed by atoms with E-state index in [0.29, 0.717) is 25.1 Å². The van der Waals surface area contributed by atoms with Crippen molar-refractivity contribution < 1.29 is 4.74 Å². The lowest BCUT2D eigenvalue weighted by atomic mass is 9.99. The minimum atomic E-state index is 0.383. The molecule has 2 saturated heterocycles. The summed E-state index contributed by atoms with van der Waals surface area (Å²) in [5, 5.41) is 8.29. The van der Waals surface area contributed by atoms with Crippen LogP contribution in [0.1, 0.15) is 24.6 Å². The van der Waals surface area contributed by atoms with E-state index >= 15 is 0 Å². The van der Waals surface area contributed by atoms with Crippen molar-refractivity contribution in [2.75, 3.05) is 44.3 Å². The molecule has 0 bridgehead atoms. The first-order chi connectivity index (χ1) is 16.3. The highest BCUT2D eigenvalue weighted by Crippen LogP contribution is 2.30. The first-order valence-electron chi connectivity index (χ1n) is 11.7. The number of aryl methyl sites for hydroxylation is 1. The summed E-state index contributed by atoms with van der Waals surface area (Å²) in [5.74, 6) is 2.88. The SMILES string of the molecule is Cn1c(C2CCCNC2)nc2c(N3CCOCC3)nc(-n3ccc(-c4ccccc4)n3)nc21. The van der Waals surface area contributed by atoms with Crippen molar-refractivity contribution in [1.29, 1.82) is 0 Å². The molecule has 0 spiro atoms. The van der Waals surface area contributed by atoms with Crippen LogP contribution < -0.4 is 10.2 Å². The van der Waals surface area contributed by atoms with E-state index in [1.165, 1.54) is 0 Å². The quantitative estimate of drug-likeness (QED) is 0.518. The molecule has 0 radical (unpaired) electrons. The van der Waals surface area contributed by atoms with Crippen molar-refractivity contribution in [1.82, 2.24) is 34.6 Å². The Bertz CT molecular complexity index is 1250. The Morgan fingerprint density at radius 1 is 1.03 bits per heavy atom. The van der Waals surface area contributed by atoms with Crippen LogP contribution in [0.5, 0.6) is 0 Å². The van der Waals surface area contributed by atoms with E-state index in [-0.39, 0.29) is 0 Å². The number of fused-ring (bicyclic) bond motifs is 1. The average molecular weight is 445 g/mol. The number of anilines is 1. The second kappa shape index (κ2) is 8.57. The standard InChI is InChI=1S/C24H28N8O/c1-30-21(18-8-5-10-25-16-18)26-20-22(30)27-24(28-23(20)31-12-14-33-15-13-31)32-11-9-19(29-32)17-6-3-2-4-7-17/h2-4,6-7,9,11,18,25H,5,8,10,12-16H2,1H3. The minimum absolute atomic E-state index is 0.383. The number of piperidine rings is 1. The maximum absolute atomic E-state index is 5.59. The van der Waals surface area contributed by atoms with Gasteiger partial charge in [-0.2, -0.15) is 15.1 Å². The number of morpholine rings is 1. The van der Waals surface area contributed by atoms with Crippen LogP contribution in [0.4, 0.5) is 5.82 Å². The predicted molar refractivity (Wildman–Crippen MR) is 127 cm³/mol. The molecule has 2 aliphatic rings. The molecule has 3 aromatic heterocycles. The molecule has 9 heteroatoms. The molecule has 9 nitrogen and oxygen atoms in total. The van der Waals surface area contributed by atoms with Gasteiger partial charge in [0.1, 0.15) is 5.82 Å². The number of benzene rings is 1. The zero-order chi connectivity index (χ0) is 22.2. The smallest absolute Gasteiger partial charge is 0.254 e. The molecule has 33 heavy (non-hydrogen) atoms. The fourth-order valence-electron chi connectivity index (χ4n) is 4.79. The second-order valence-corrected chi connectivity index (χ2v) is 8.70. The number of nitrogens with one attached hydrogen (secondary N) is 1. The Balaban J connectivity index is 1.47. The van der Waals surface area contributed by atoms with E-state index in [9.17, 15) is 0 Å². The molecule has 0 amide bonds. The van der Waals surface area contributed by atoms with Gasteiger partial charge in [-0.15, -0.1) is 0 Å². The maximum Gasteiger partial charge on any atom is 0.254 e. The van der Waals surface area contributed by atoms with Crippen LogP contribution in [-0.4, -0.2) is 68.7 Å². The Labute approximate surface area is 192 Å². The summed E-state index contributed by atoms with van der Waals surface area (Å²) in [4.78, 5) is 17.2. The van der Waals surface area contributed by atoms with Crippen LogP contribution in [0.15, 0.2) is 42.6 Å². The second-order valence-electron chi connectivity index (χ2n) is 8.70. The van der Waals surface area contributed by atoms with Gasteiger partial charge in [0.25, 0.3) is 5.95 Å². The van der Waals surface area contributed by atoms with Crippen molar-refractivity contribution in [3.05, 3.63) is 48.4 Å². The summed E-state index contributed by atoms with van der Waals surface area (Å²) >= 11 is 0. The lowest BCUT2D eigenvalue weighted by Crippen LogP contribution is -2.37. The Morgan fingerprint density at radius 2 is 1.88 bits per heavy atom. The van der Waals surface area contributed by atoms with Crippen molar-refractivity contribution in [3.63, 3.8) is 0 Å². The van der Waals surface area contributed by atoms with Crippen molar-refractivity contribution in [3.8, 4) is 17.2 Å². The van der Waals surface area contributed by atoms with Gasteiger partial charge in [-0.3, -0.25) is 0 Å². The summed E-state index contributed by atoms with van der Waals surface area (Å²) in [5.41, 5.74) is 3.67. The summed E-state index contributed by atoms with van der Waals surface area (Å²) in [6.07, 6.45) is 4.22. The van der Waals surface area contributed by atoms with E-state index in [2.05, 4.69) is 34.0 Å². The predicted octanol–water partition coefficient (Wildman–Crippen LogP) is 2.52. The zero-order valence-corrected chi connectivity index (χ0v) is 18.8. The van der Waals surface area contributed by atoms with Gasteiger partial charge in [-0.05, 0) is 25.5 Å². The molecule has 2 fully saturated rings. The third kappa shape index (κ3) is 3.77. The Kier molecular flexibility index (Phi) is 5.27. The highest BCUT2D eigenvalue weighted by Gasteiger charge is 2.26. The van der Waals surface area contributed by atoms with Gasteiger partial charge < -0.3 is 19.5 Å². The summed E-state index contributed by atoms with van der Waals surface area (Å²) < 4.78 is 9.50. The van der Waals surface area contributed by atoms with Crippen molar-refractivity contribution in [2.24, 2.45) is 7.05 Å². The van der Waals surface area contributed by atoms with Crippen LogP contribution in [0.3, 0.4) is 0 Å². The monoisotopic (exact) mass is 444 g/mol. The number of ether oxygens (including phenoxy) is 1. The van der Waals surface area contributed by atoms with Gasteiger partial charge in [-0.1, -0.05) is 30.3 Å². The van der Waals surface area contributed by atoms with Crippen molar-refractivity contribution in [2.45, 2.75) is 18.8 Å². The first kappa shape index (κ1) is 20.3. The van der Waals surface area contributed by atoms with E-state index in [1.54, 1.807) is 4.68 Å². The molecule has 0 aliphatic carbocycles. The Hall–Kier alpha value is -3.30. The topological polar surface area (TPSA) is 85.9 Å². The zero-order valence-electron chi connectivity index (χ0n) is 18.8. The fraction of sp³-hybridized carbons (Fsp3) is 0.417. The largest absolute Gasteiger partial charge is 0.378 e. The summed E-state index contributed by atoms with van der Waals surface area (Å²) in [7, 11) is 2.07. The number of nitrogens with zero attached hydrogens (tertiary/aromatic N) is 7. The van der Waals surface area contributed by atoms with E-state index in [1.807, 2.05) is 30.5 Å². The van der Waals surface area contributed by atoms with Gasteiger partial charge in [0.05, 0.1) is 18.9 Å². The van der Waals surface area contributed by atoms with E-state index in [0.717, 1.165) is 73.1 Å². The van der Waals surface area contributed by atoms with Gasteiger partial charge in [0.2, 0.25) is 0 Å². The molecule has 1 atom stereocenters. The molecule has 170 valence electrons. The maximum atomic E-state index is 5.59. The molecule has 1 unspecified atom stereocenters. The molecule has 2 aliphatic heterocycles. The van der Waals surface area contributed by atoms with E-state index in [4.69, 9.17) is 24.8 Å². The third-order valence-corrected chi connectivity index (χ3v) is 6.56. The lowest BCUT2D eigenvalue weighted by molar-refractivity contribution is 0.122. The molecular weight excluding hydrogens is 416 g/mol. The number of hydrogen-bond acceptors (Lipinski definition) is 7. The molecule has 1 N–H and O–H groups in total. The van der Waals surface area contributed by atoms with Crippen LogP contribution in [0.2, 0.25) is 0 Å². The van der Waals surface area contributed by atoms with Gasteiger partial charge in [0.15, 0.2) is 17.0 Å². The van der Waals surface area contributed by atoms with Gasteiger partial charge in [-0.25, -0.2) is 9.67 Å².